The number of para-hydroxylation sites is 1. The minimum Gasteiger partial charge on any atom is -0.397 e. The summed E-state index contributed by atoms with van der Waals surface area (Å²) >= 11 is 3.30. The van der Waals surface area contributed by atoms with Gasteiger partial charge in [0.2, 0.25) is 0 Å². The third-order valence-electron chi connectivity index (χ3n) is 2.52. The average molecular weight is 295 g/mol. The fraction of sp³-hybridized carbons (Fsp3) is 0.0769. The van der Waals surface area contributed by atoms with Crippen LogP contribution in [0.1, 0.15) is 5.56 Å². The second-order valence-corrected chi connectivity index (χ2v) is 4.70. The minimum atomic E-state index is -0.311. The van der Waals surface area contributed by atoms with Gasteiger partial charge in [0, 0.05) is 4.47 Å². The molecule has 0 fully saturated rings. The number of hydrogen-bond acceptors (Lipinski definition) is 2. The van der Waals surface area contributed by atoms with Gasteiger partial charge in [-0.25, -0.2) is 4.39 Å². The summed E-state index contributed by atoms with van der Waals surface area (Å²) in [5, 5.41) is 2.99. The molecule has 0 aliphatic rings. The molecule has 0 unspecified atom stereocenters. The number of anilines is 3. The van der Waals surface area contributed by atoms with Crippen molar-refractivity contribution in [3.63, 3.8) is 0 Å². The van der Waals surface area contributed by atoms with Crippen molar-refractivity contribution in [2.45, 2.75) is 6.92 Å². The summed E-state index contributed by atoms with van der Waals surface area (Å²) in [5.74, 6) is -0.311. The molecule has 0 radical (unpaired) electrons. The third-order valence-corrected chi connectivity index (χ3v) is 3.02. The van der Waals surface area contributed by atoms with E-state index >= 15 is 0 Å². The molecule has 0 aromatic heterocycles. The van der Waals surface area contributed by atoms with Crippen LogP contribution in [0.5, 0.6) is 0 Å². The summed E-state index contributed by atoms with van der Waals surface area (Å²) in [4.78, 5) is 0. The van der Waals surface area contributed by atoms with E-state index in [9.17, 15) is 4.39 Å². The van der Waals surface area contributed by atoms with Gasteiger partial charge in [0.1, 0.15) is 5.82 Å². The molecule has 2 nitrogen and oxygen atoms in total. The second kappa shape index (κ2) is 4.75. The lowest BCUT2D eigenvalue weighted by Crippen LogP contribution is -1.99. The van der Waals surface area contributed by atoms with Crippen LogP contribution in [0.2, 0.25) is 0 Å². The average Bonchev–Trinajstić information content (AvgIpc) is 2.30. The Bertz CT molecular complexity index is 555. The van der Waals surface area contributed by atoms with Gasteiger partial charge in [-0.05, 0) is 36.8 Å². The lowest BCUT2D eigenvalue weighted by molar-refractivity contribution is 0.631. The van der Waals surface area contributed by atoms with Gasteiger partial charge in [-0.15, -0.1) is 0 Å². The first-order valence-electron chi connectivity index (χ1n) is 5.15. The van der Waals surface area contributed by atoms with Crippen LogP contribution in [-0.2, 0) is 0 Å². The molecule has 0 atom stereocenters. The molecule has 0 saturated heterocycles. The molecule has 0 heterocycles. The third kappa shape index (κ3) is 2.58. The van der Waals surface area contributed by atoms with E-state index in [1.807, 2.05) is 25.1 Å². The van der Waals surface area contributed by atoms with Crippen molar-refractivity contribution in [1.29, 1.82) is 0 Å². The van der Waals surface area contributed by atoms with Crippen molar-refractivity contribution in [2.75, 3.05) is 11.1 Å². The standard InChI is InChI=1S/C13H12BrFN2/c1-8-3-2-4-11(13(8)16)17-12-7-9(14)5-6-10(12)15/h2-7,17H,16H2,1H3. The number of hydrogen-bond donors (Lipinski definition) is 2. The Labute approximate surface area is 108 Å². The lowest BCUT2D eigenvalue weighted by Gasteiger charge is -2.12. The lowest BCUT2D eigenvalue weighted by atomic mass is 10.1. The smallest absolute Gasteiger partial charge is 0.146 e. The Hall–Kier alpha value is -1.55. The molecule has 2 rings (SSSR count). The van der Waals surface area contributed by atoms with Gasteiger partial charge in [0.15, 0.2) is 0 Å². The van der Waals surface area contributed by atoms with Gasteiger partial charge in [-0.3, -0.25) is 0 Å². The van der Waals surface area contributed by atoms with Crippen molar-refractivity contribution >= 4 is 33.0 Å². The molecule has 2 aromatic carbocycles. The molecule has 17 heavy (non-hydrogen) atoms. The number of nitrogens with two attached hydrogens (primary N) is 1. The number of halogens is 2. The highest BCUT2D eigenvalue weighted by molar-refractivity contribution is 9.10. The number of nitrogen functional groups attached to an aromatic ring is 1. The Kier molecular flexibility index (Phi) is 3.33. The number of rotatable bonds is 2. The Morgan fingerprint density at radius 3 is 2.71 bits per heavy atom. The maximum atomic E-state index is 13.6. The molecule has 4 heteroatoms. The van der Waals surface area contributed by atoms with Gasteiger partial charge >= 0.3 is 0 Å². The summed E-state index contributed by atoms with van der Waals surface area (Å²) < 4.78 is 14.4. The highest BCUT2D eigenvalue weighted by atomic mass is 79.9. The van der Waals surface area contributed by atoms with Crippen LogP contribution in [0.15, 0.2) is 40.9 Å². The zero-order valence-electron chi connectivity index (χ0n) is 9.30. The summed E-state index contributed by atoms with van der Waals surface area (Å²) in [6.07, 6.45) is 0. The van der Waals surface area contributed by atoms with Crippen molar-refractivity contribution in [2.24, 2.45) is 0 Å². The van der Waals surface area contributed by atoms with Crippen LogP contribution in [-0.4, -0.2) is 0 Å². The molecular formula is C13H12BrFN2. The van der Waals surface area contributed by atoms with Crippen LogP contribution >= 0.6 is 15.9 Å². The van der Waals surface area contributed by atoms with Crippen LogP contribution in [0.3, 0.4) is 0 Å². The quantitative estimate of drug-likeness (QED) is 0.814. The van der Waals surface area contributed by atoms with E-state index in [2.05, 4.69) is 21.2 Å². The van der Waals surface area contributed by atoms with E-state index in [1.54, 1.807) is 12.1 Å². The zero-order valence-corrected chi connectivity index (χ0v) is 10.9. The second-order valence-electron chi connectivity index (χ2n) is 3.79. The topological polar surface area (TPSA) is 38.0 Å². The number of benzene rings is 2. The highest BCUT2D eigenvalue weighted by Gasteiger charge is 2.06. The van der Waals surface area contributed by atoms with E-state index in [0.29, 0.717) is 17.1 Å². The van der Waals surface area contributed by atoms with E-state index in [-0.39, 0.29) is 5.82 Å². The molecule has 0 aliphatic heterocycles. The van der Waals surface area contributed by atoms with Crippen molar-refractivity contribution in [1.82, 2.24) is 0 Å². The molecule has 0 aliphatic carbocycles. The normalized spacial score (nSPS) is 10.3. The summed E-state index contributed by atoms with van der Waals surface area (Å²) in [7, 11) is 0. The van der Waals surface area contributed by atoms with E-state index in [1.165, 1.54) is 6.07 Å². The van der Waals surface area contributed by atoms with Crippen LogP contribution in [0, 0.1) is 12.7 Å². The van der Waals surface area contributed by atoms with Gasteiger partial charge in [0.05, 0.1) is 17.1 Å². The Morgan fingerprint density at radius 1 is 1.18 bits per heavy atom. The first kappa shape index (κ1) is 11.9. The maximum Gasteiger partial charge on any atom is 0.146 e. The zero-order chi connectivity index (χ0) is 12.4. The van der Waals surface area contributed by atoms with E-state index < -0.39 is 0 Å². The predicted molar refractivity (Wildman–Crippen MR) is 73.0 cm³/mol. The van der Waals surface area contributed by atoms with Crippen molar-refractivity contribution in [3.05, 3.63) is 52.3 Å². The van der Waals surface area contributed by atoms with Crippen molar-refractivity contribution < 1.29 is 4.39 Å². The van der Waals surface area contributed by atoms with Gasteiger partial charge in [-0.2, -0.15) is 0 Å². The first-order chi connectivity index (χ1) is 8.08. The summed E-state index contributed by atoms with van der Waals surface area (Å²) in [6.45, 7) is 1.91. The van der Waals surface area contributed by atoms with Crippen LogP contribution in [0.25, 0.3) is 0 Å². The molecule has 0 amide bonds. The van der Waals surface area contributed by atoms with E-state index in [4.69, 9.17) is 5.73 Å². The molecule has 3 N–H and O–H groups in total. The molecule has 0 bridgehead atoms. The Balaban J connectivity index is 2.38. The molecule has 2 aromatic rings. The van der Waals surface area contributed by atoms with Gasteiger partial charge < -0.3 is 11.1 Å². The van der Waals surface area contributed by atoms with Crippen molar-refractivity contribution in [3.8, 4) is 0 Å². The first-order valence-corrected chi connectivity index (χ1v) is 5.94. The fourth-order valence-corrected chi connectivity index (χ4v) is 1.89. The summed E-state index contributed by atoms with van der Waals surface area (Å²) in [6, 6.07) is 10.3. The molecule has 0 spiro atoms. The fourth-order valence-electron chi connectivity index (χ4n) is 1.53. The molecular weight excluding hydrogens is 283 g/mol. The Morgan fingerprint density at radius 2 is 1.94 bits per heavy atom. The number of nitrogens with one attached hydrogen (secondary N) is 1. The molecule has 88 valence electrons. The van der Waals surface area contributed by atoms with Crippen LogP contribution in [0.4, 0.5) is 21.5 Å². The maximum absolute atomic E-state index is 13.6. The highest BCUT2D eigenvalue weighted by Crippen LogP contribution is 2.28. The predicted octanol–water partition coefficient (Wildman–Crippen LogP) is 4.22. The summed E-state index contributed by atoms with van der Waals surface area (Å²) in [5.41, 5.74) is 8.63. The van der Waals surface area contributed by atoms with Gasteiger partial charge in [0.25, 0.3) is 0 Å². The SMILES string of the molecule is Cc1cccc(Nc2cc(Br)ccc2F)c1N. The van der Waals surface area contributed by atoms with E-state index in [0.717, 1.165) is 10.0 Å². The number of aryl methyl sites for hydroxylation is 1. The monoisotopic (exact) mass is 294 g/mol. The minimum absolute atomic E-state index is 0.311. The largest absolute Gasteiger partial charge is 0.397 e. The van der Waals surface area contributed by atoms with Gasteiger partial charge in [-0.1, -0.05) is 28.1 Å². The van der Waals surface area contributed by atoms with Crippen LogP contribution < -0.4 is 11.1 Å². The molecule has 0 saturated carbocycles.